The Balaban J connectivity index is 2.41. The summed E-state index contributed by atoms with van der Waals surface area (Å²) >= 11 is 2.01. The van der Waals surface area contributed by atoms with Crippen molar-refractivity contribution in [3.63, 3.8) is 0 Å². The van der Waals surface area contributed by atoms with E-state index in [-0.39, 0.29) is 10.6 Å². The number of anilines is 1. The first kappa shape index (κ1) is 13.3. The molecule has 1 aromatic carbocycles. The standard InChI is InChI=1S/C14H21N3S/c1-10-5-4-6-11(13(15)16)12(10)17-7-8-18-14(2,3)9-17/h4-6H,7-9H2,1-3H3,(H3,15,16). The van der Waals surface area contributed by atoms with Crippen LogP contribution in [0.1, 0.15) is 25.0 Å². The fourth-order valence-electron chi connectivity index (χ4n) is 2.50. The Morgan fingerprint density at radius 3 is 2.78 bits per heavy atom. The Labute approximate surface area is 113 Å². The zero-order valence-electron chi connectivity index (χ0n) is 11.3. The first-order chi connectivity index (χ1) is 8.41. The quantitative estimate of drug-likeness (QED) is 0.637. The Morgan fingerprint density at radius 1 is 1.44 bits per heavy atom. The van der Waals surface area contributed by atoms with Crippen molar-refractivity contribution < 1.29 is 0 Å². The first-order valence-corrected chi connectivity index (χ1v) is 7.22. The summed E-state index contributed by atoms with van der Waals surface area (Å²) < 4.78 is 0.259. The lowest BCUT2D eigenvalue weighted by Crippen LogP contribution is -2.44. The highest BCUT2D eigenvalue weighted by Crippen LogP contribution is 2.34. The van der Waals surface area contributed by atoms with E-state index in [9.17, 15) is 0 Å². The molecule has 0 amide bonds. The number of aryl methyl sites for hydroxylation is 1. The summed E-state index contributed by atoms with van der Waals surface area (Å²) in [4.78, 5) is 2.38. The number of thioether (sulfide) groups is 1. The number of benzene rings is 1. The average Bonchev–Trinajstić information content (AvgIpc) is 2.27. The van der Waals surface area contributed by atoms with E-state index in [1.807, 2.05) is 23.9 Å². The summed E-state index contributed by atoms with van der Waals surface area (Å²) in [5.41, 5.74) is 8.90. The molecule has 0 spiro atoms. The zero-order chi connectivity index (χ0) is 13.3. The maximum atomic E-state index is 7.74. The number of rotatable bonds is 2. The molecule has 1 heterocycles. The van der Waals surface area contributed by atoms with Gasteiger partial charge in [-0.15, -0.1) is 0 Å². The van der Waals surface area contributed by atoms with E-state index in [0.29, 0.717) is 0 Å². The number of nitrogen functional groups attached to an aromatic ring is 1. The second-order valence-corrected chi connectivity index (χ2v) is 7.22. The summed E-state index contributed by atoms with van der Waals surface area (Å²) in [5.74, 6) is 1.28. The Hall–Kier alpha value is -1.16. The molecule has 2 rings (SSSR count). The molecule has 18 heavy (non-hydrogen) atoms. The second kappa shape index (κ2) is 4.84. The highest BCUT2D eigenvalue weighted by molar-refractivity contribution is 8.00. The summed E-state index contributed by atoms with van der Waals surface area (Å²) in [7, 11) is 0. The van der Waals surface area contributed by atoms with Crippen LogP contribution in [-0.4, -0.2) is 29.4 Å². The van der Waals surface area contributed by atoms with E-state index in [1.165, 1.54) is 5.56 Å². The third-order valence-electron chi connectivity index (χ3n) is 3.27. The van der Waals surface area contributed by atoms with Crippen LogP contribution in [0.25, 0.3) is 0 Å². The minimum atomic E-state index is 0.157. The van der Waals surface area contributed by atoms with Gasteiger partial charge < -0.3 is 10.6 Å². The fraction of sp³-hybridized carbons (Fsp3) is 0.500. The van der Waals surface area contributed by atoms with Crippen molar-refractivity contribution >= 4 is 23.3 Å². The van der Waals surface area contributed by atoms with Gasteiger partial charge in [-0.05, 0) is 32.4 Å². The van der Waals surface area contributed by atoms with Crippen LogP contribution < -0.4 is 10.6 Å². The third-order valence-corrected chi connectivity index (χ3v) is 4.57. The molecule has 1 aliphatic rings. The van der Waals surface area contributed by atoms with Crippen LogP contribution >= 0.6 is 11.8 Å². The van der Waals surface area contributed by atoms with Crippen LogP contribution in [-0.2, 0) is 0 Å². The molecular weight excluding hydrogens is 242 g/mol. The van der Waals surface area contributed by atoms with Crippen LogP contribution in [0.2, 0.25) is 0 Å². The number of hydrogen-bond donors (Lipinski definition) is 2. The van der Waals surface area contributed by atoms with Gasteiger partial charge in [0.15, 0.2) is 0 Å². The molecule has 0 unspecified atom stereocenters. The fourth-order valence-corrected chi connectivity index (χ4v) is 3.61. The molecule has 0 bridgehead atoms. The van der Waals surface area contributed by atoms with Crippen molar-refractivity contribution in [2.24, 2.45) is 5.73 Å². The number of hydrogen-bond acceptors (Lipinski definition) is 3. The minimum absolute atomic E-state index is 0.157. The topological polar surface area (TPSA) is 53.1 Å². The molecule has 3 nitrogen and oxygen atoms in total. The molecule has 3 N–H and O–H groups in total. The lowest BCUT2D eigenvalue weighted by Gasteiger charge is -2.40. The van der Waals surface area contributed by atoms with Gasteiger partial charge in [-0.25, -0.2) is 0 Å². The predicted octanol–water partition coefficient (Wildman–Crippen LogP) is 2.61. The largest absolute Gasteiger partial charge is 0.384 e. The summed E-state index contributed by atoms with van der Waals surface area (Å²) in [6.45, 7) is 8.67. The highest BCUT2D eigenvalue weighted by Gasteiger charge is 2.29. The smallest absolute Gasteiger partial charge is 0.124 e. The highest BCUT2D eigenvalue weighted by atomic mass is 32.2. The maximum absolute atomic E-state index is 7.74. The molecule has 1 saturated heterocycles. The molecule has 1 fully saturated rings. The Bertz CT molecular complexity index is 468. The molecule has 0 aromatic heterocycles. The second-order valence-electron chi connectivity index (χ2n) is 5.41. The maximum Gasteiger partial charge on any atom is 0.124 e. The molecule has 0 saturated carbocycles. The van der Waals surface area contributed by atoms with Gasteiger partial charge in [-0.2, -0.15) is 11.8 Å². The molecular formula is C14H21N3S. The van der Waals surface area contributed by atoms with Crippen molar-refractivity contribution in [1.29, 1.82) is 5.41 Å². The van der Waals surface area contributed by atoms with Crippen molar-refractivity contribution in [3.8, 4) is 0 Å². The minimum Gasteiger partial charge on any atom is -0.384 e. The van der Waals surface area contributed by atoms with Crippen molar-refractivity contribution in [2.75, 3.05) is 23.7 Å². The van der Waals surface area contributed by atoms with Gasteiger partial charge >= 0.3 is 0 Å². The molecule has 0 radical (unpaired) electrons. The Morgan fingerprint density at radius 2 is 2.17 bits per heavy atom. The molecule has 1 aliphatic heterocycles. The van der Waals surface area contributed by atoms with Crippen LogP contribution in [0.3, 0.4) is 0 Å². The number of nitrogens with zero attached hydrogens (tertiary/aromatic N) is 1. The van der Waals surface area contributed by atoms with E-state index in [1.54, 1.807) is 0 Å². The van der Waals surface area contributed by atoms with E-state index in [4.69, 9.17) is 11.1 Å². The number of amidine groups is 1. The number of nitrogens with two attached hydrogens (primary N) is 1. The normalized spacial score (nSPS) is 18.7. The Kier molecular flexibility index (Phi) is 3.57. The van der Waals surface area contributed by atoms with Crippen LogP contribution in [0.4, 0.5) is 5.69 Å². The van der Waals surface area contributed by atoms with Crippen molar-refractivity contribution in [2.45, 2.75) is 25.5 Å². The lowest BCUT2D eigenvalue weighted by molar-refractivity contribution is 0.646. The van der Waals surface area contributed by atoms with Gasteiger partial charge in [0.25, 0.3) is 0 Å². The van der Waals surface area contributed by atoms with Crippen molar-refractivity contribution in [3.05, 3.63) is 29.3 Å². The first-order valence-electron chi connectivity index (χ1n) is 6.24. The van der Waals surface area contributed by atoms with E-state index >= 15 is 0 Å². The van der Waals surface area contributed by atoms with Gasteiger partial charge in [-0.1, -0.05) is 12.1 Å². The lowest BCUT2D eigenvalue weighted by atomic mass is 10.0. The zero-order valence-corrected chi connectivity index (χ0v) is 12.1. The van der Waals surface area contributed by atoms with Gasteiger partial charge in [0.2, 0.25) is 0 Å². The molecule has 98 valence electrons. The van der Waals surface area contributed by atoms with Crippen LogP contribution in [0, 0.1) is 12.3 Å². The number of nitrogens with one attached hydrogen (secondary N) is 1. The molecule has 0 atom stereocenters. The molecule has 4 heteroatoms. The SMILES string of the molecule is Cc1cccc(C(=N)N)c1N1CCSC(C)(C)C1. The summed E-state index contributed by atoms with van der Waals surface area (Å²) in [6.07, 6.45) is 0. The number of para-hydroxylation sites is 1. The van der Waals surface area contributed by atoms with Crippen LogP contribution in [0.15, 0.2) is 18.2 Å². The van der Waals surface area contributed by atoms with E-state index in [0.717, 1.165) is 30.1 Å². The summed E-state index contributed by atoms with van der Waals surface area (Å²) in [5, 5.41) is 7.74. The van der Waals surface area contributed by atoms with Gasteiger partial charge in [0.1, 0.15) is 5.84 Å². The van der Waals surface area contributed by atoms with Crippen LogP contribution in [0.5, 0.6) is 0 Å². The van der Waals surface area contributed by atoms with Gasteiger partial charge in [0.05, 0.1) is 5.69 Å². The predicted molar refractivity (Wildman–Crippen MR) is 80.9 cm³/mol. The monoisotopic (exact) mass is 263 g/mol. The van der Waals surface area contributed by atoms with Gasteiger partial charge in [0, 0.05) is 29.2 Å². The van der Waals surface area contributed by atoms with Crippen molar-refractivity contribution in [1.82, 2.24) is 0 Å². The van der Waals surface area contributed by atoms with Gasteiger partial charge in [-0.3, -0.25) is 5.41 Å². The van der Waals surface area contributed by atoms with E-state index < -0.39 is 0 Å². The van der Waals surface area contributed by atoms with E-state index in [2.05, 4.69) is 31.7 Å². The third kappa shape index (κ3) is 2.64. The molecule has 0 aliphatic carbocycles. The summed E-state index contributed by atoms with van der Waals surface area (Å²) in [6, 6.07) is 6.01. The molecule has 1 aromatic rings. The average molecular weight is 263 g/mol.